The minimum absolute atomic E-state index is 0.799. The number of hydrogen-bond donors (Lipinski definition) is 1. The molecule has 2 unspecified atom stereocenters. The summed E-state index contributed by atoms with van der Waals surface area (Å²) in [6, 6.07) is 1.69. The lowest BCUT2D eigenvalue weighted by atomic mass is 9.92. The molecular formula is C16H32N2. The van der Waals surface area contributed by atoms with Crippen LogP contribution >= 0.6 is 0 Å². The number of rotatable bonds is 6. The predicted molar refractivity (Wildman–Crippen MR) is 78.9 cm³/mol. The van der Waals surface area contributed by atoms with Crippen LogP contribution in [0.1, 0.15) is 65.2 Å². The van der Waals surface area contributed by atoms with Gasteiger partial charge in [0.15, 0.2) is 0 Å². The maximum absolute atomic E-state index is 3.70. The lowest BCUT2D eigenvalue weighted by Crippen LogP contribution is -2.44. The first-order valence-corrected chi connectivity index (χ1v) is 8.32. The molecule has 0 radical (unpaired) electrons. The Morgan fingerprint density at radius 3 is 2.39 bits per heavy atom. The molecule has 1 N–H and O–H groups in total. The average molecular weight is 252 g/mol. The number of nitrogens with one attached hydrogen (secondary N) is 1. The molecule has 2 aliphatic rings. The average Bonchev–Trinajstić information content (AvgIpc) is 2.85. The highest BCUT2D eigenvalue weighted by atomic mass is 15.2. The summed E-state index contributed by atoms with van der Waals surface area (Å²) in [5.74, 6) is 0.909. The second-order valence-electron chi connectivity index (χ2n) is 6.23. The molecule has 0 aliphatic heterocycles. The van der Waals surface area contributed by atoms with E-state index in [1.165, 1.54) is 64.5 Å². The Bertz CT molecular complexity index is 223. The zero-order chi connectivity index (χ0) is 12.8. The summed E-state index contributed by atoms with van der Waals surface area (Å²) in [6.07, 6.45) is 11.6. The monoisotopic (exact) mass is 252 g/mol. The van der Waals surface area contributed by atoms with Gasteiger partial charge in [0.1, 0.15) is 0 Å². The van der Waals surface area contributed by atoms with Gasteiger partial charge in [-0.1, -0.05) is 39.5 Å². The summed E-state index contributed by atoms with van der Waals surface area (Å²) < 4.78 is 0. The van der Waals surface area contributed by atoms with Crippen LogP contribution in [0.3, 0.4) is 0 Å². The van der Waals surface area contributed by atoms with Crippen LogP contribution in [0.4, 0.5) is 0 Å². The smallest absolute Gasteiger partial charge is 0.0107 e. The van der Waals surface area contributed by atoms with Gasteiger partial charge in [0, 0.05) is 18.6 Å². The lowest BCUT2D eigenvalue weighted by molar-refractivity contribution is 0.133. The molecule has 0 heterocycles. The molecule has 0 spiro atoms. The van der Waals surface area contributed by atoms with E-state index >= 15 is 0 Å². The van der Waals surface area contributed by atoms with E-state index in [0.29, 0.717) is 0 Å². The van der Waals surface area contributed by atoms with Crippen LogP contribution in [0.5, 0.6) is 0 Å². The Labute approximate surface area is 114 Å². The third-order valence-corrected chi connectivity index (χ3v) is 5.09. The first kappa shape index (κ1) is 14.3. The molecule has 2 atom stereocenters. The van der Waals surface area contributed by atoms with E-state index in [-0.39, 0.29) is 0 Å². The molecule has 2 saturated carbocycles. The third kappa shape index (κ3) is 3.71. The van der Waals surface area contributed by atoms with Gasteiger partial charge in [-0.15, -0.1) is 0 Å². The van der Waals surface area contributed by atoms with Gasteiger partial charge < -0.3 is 10.2 Å². The molecule has 0 aromatic heterocycles. The van der Waals surface area contributed by atoms with E-state index in [0.717, 1.165) is 24.5 Å². The van der Waals surface area contributed by atoms with Crippen LogP contribution in [-0.2, 0) is 0 Å². The van der Waals surface area contributed by atoms with Gasteiger partial charge in [-0.2, -0.15) is 0 Å². The van der Waals surface area contributed by atoms with Crippen LogP contribution in [0.15, 0.2) is 0 Å². The van der Waals surface area contributed by atoms with Gasteiger partial charge in [0.25, 0.3) is 0 Å². The van der Waals surface area contributed by atoms with Gasteiger partial charge >= 0.3 is 0 Å². The van der Waals surface area contributed by atoms with Crippen molar-refractivity contribution in [2.45, 2.75) is 77.3 Å². The van der Waals surface area contributed by atoms with Crippen molar-refractivity contribution in [3.8, 4) is 0 Å². The quantitative estimate of drug-likeness (QED) is 0.779. The fourth-order valence-electron chi connectivity index (χ4n) is 4.07. The highest BCUT2D eigenvalue weighted by molar-refractivity contribution is 4.87. The molecule has 18 heavy (non-hydrogen) atoms. The number of hydrogen-bond acceptors (Lipinski definition) is 2. The van der Waals surface area contributed by atoms with Gasteiger partial charge in [-0.25, -0.2) is 0 Å². The van der Waals surface area contributed by atoms with E-state index < -0.39 is 0 Å². The van der Waals surface area contributed by atoms with Crippen molar-refractivity contribution >= 4 is 0 Å². The predicted octanol–water partition coefficient (Wildman–Crippen LogP) is 3.42. The summed E-state index contributed by atoms with van der Waals surface area (Å²) >= 11 is 0. The van der Waals surface area contributed by atoms with Crippen LogP contribution in [0.2, 0.25) is 0 Å². The van der Waals surface area contributed by atoms with Gasteiger partial charge in [-0.05, 0) is 44.7 Å². The Kier molecular flexibility index (Phi) is 5.97. The van der Waals surface area contributed by atoms with Gasteiger partial charge in [0.2, 0.25) is 0 Å². The molecule has 2 heteroatoms. The van der Waals surface area contributed by atoms with E-state index in [9.17, 15) is 0 Å². The van der Waals surface area contributed by atoms with Crippen molar-refractivity contribution in [3.05, 3.63) is 0 Å². The Morgan fingerprint density at radius 1 is 0.944 bits per heavy atom. The fourth-order valence-corrected chi connectivity index (χ4v) is 4.07. The second kappa shape index (κ2) is 7.49. The molecule has 0 saturated heterocycles. The van der Waals surface area contributed by atoms with E-state index in [1.54, 1.807) is 0 Å². The van der Waals surface area contributed by atoms with Crippen LogP contribution < -0.4 is 5.32 Å². The van der Waals surface area contributed by atoms with Gasteiger partial charge in [-0.3, -0.25) is 0 Å². The number of nitrogens with zero attached hydrogens (tertiary/aromatic N) is 1. The fraction of sp³-hybridized carbons (Fsp3) is 1.00. The molecule has 2 nitrogen and oxygen atoms in total. The normalized spacial score (nSPS) is 30.2. The standard InChI is InChI=1S/C16H32N2/c1-3-17-16-12-8-9-14(16)13-18(4-2)15-10-6-5-7-11-15/h14-17H,3-13H2,1-2H3. The van der Waals surface area contributed by atoms with Crippen molar-refractivity contribution < 1.29 is 0 Å². The van der Waals surface area contributed by atoms with E-state index in [4.69, 9.17) is 0 Å². The molecule has 106 valence electrons. The van der Waals surface area contributed by atoms with E-state index in [1.807, 2.05) is 0 Å². The Morgan fingerprint density at radius 2 is 1.72 bits per heavy atom. The van der Waals surface area contributed by atoms with Crippen molar-refractivity contribution in [1.29, 1.82) is 0 Å². The molecule has 0 bridgehead atoms. The minimum Gasteiger partial charge on any atom is -0.314 e. The topological polar surface area (TPSA) is 15.3 Å². The molecule has 0 aromatic carbocycles. The summed E-state index contributed by atoms with van der Waals surface area (Å²) in [5, 5.41) is 3.70. The van der Waals surface area contributed by atoms with Gasteiger partial charge in [0.05, 0.1) is 0 Å². The van der Waals surface area contributed by atoms with Crippen molar-refractivity contribution in [2.75, 3.05) is 19.6 Å². The molecule has 2 aliphatic carbocycles. The van der Waals surface area contributed by atoms with Crippen LogP contribution in [0.25, 0.3) is 0 Å². The summed E-state index contributed by atoms with van der Waals surface area (Å²) in [7, 11) is 0. The zero-order valence-corrected chi connectivity index (χ0v) is 12.5. The summed E-state index contributed by atoms with van der Waals surface area (Å²) in [5.41, 5.74) is 0. The highest BCUT2D eigenvalue weighted by Crippen LogP contribution is 2.29. The Balaban J connectivity index is 1.84. The largest absolute Gasteiger partial charge is 0.314 e. The SMILES string of the molecule is CCNC1CCCC1CN(CC)C1CCCCC1. The molecule has 0 aromatic rings. The molecular weight excluding hydrogens is 220 g/mol. The maximum atomic E-state index is 3.70. The second-order valence-corrected chi connectivity index (χ2v) is 6.23. The maximum Gasteiger partial charge on any atom is 0.0107 e. The lowest BCUT2D eigenvalue weighted by Gasteiger charge is -2.36. The third-order valence-electron chi connectivity index (χ3n) is 5.09. The summed E-state index contributed by atoms with van der Waals surface area (Å²) in [6.45, 7) is 8.33. The van der Waals surface area contributed by atoms with E-state index in [2.05, 4.69) is 24.1 Å². The molecule has 2 fully saturated rings. The van der Waals surface area contributed by atoms with Crippen molar-refractivity contribution in [3.63, 3.8) is 0 Å². The minimum atomic E-state index is 0.799. The van der Waals surface area contributed by atoms with Crippen molar-refractivity contribution in [1.82, 2.24) is 10.2 Å². The van der Waals surface area contributed by atoms with Crippen LogP contribution in [-0.4, -0.2) is 36.6 Å². The highest BCUT2D eigenvalue weighted by Gasteiger charge is 2.30. The molecule has 2 rings (SSSR count). The first-order chi connectivity index (χ1) is 8.85. The Hall–Kier alpha value is -0.0800. The zero-order valence-electron chi connectivity index (χ0n) is 12.5. The van der Waals surface area contributed by atoms with Crippen molar-refractivity contribution in [2.24, 2.45) is 5.92 Å². The first-order valence-electron chi connectivity index (χ1n) is 8.32. The summed E-state index contributed by atoms with van der Waals surface area (Å²) in [4.78, 5) is 2.79. The van der Waals surface area contributed by atoms with Crippen LogP contribution in [0, 0.1) is 5.92 Å². The molecule has 0 amide bonds.